The van der Waals surface area contributed by atoms with E-state index in [1.807, 2.05) is 0 Å². The van der Waals surface area contributed by atoms with Crippen LogP contribution in [-0.2, 0) is 0 Å². The molecule has 0 amide bonds. The molecule has 2 N–H and O–H groups in total. The molecule has 0 aliphatic heterocycles. The molecule has 7 heteroatoms. The third-order valence-electron chi connectivity index (χ3n) is 1.24. The van der Waals surface area contributed by atoms with Gasteiger partial charge in [0, 0.05) is 5.71 Å². The van der Waals surface area contributed by atoms with E-state index in [4.69, 9.17) is 17.3 Å². The van der Waals surface area contributed by atoms with Gasteiger partial charge in [0.15, 0.2) is 5.38 Å². The Balaban J connectivity index is 4.62. The zero-order valence-electron chi connectivity index (χ0n) is 7.35. The third kappa shape index (κ3) is 4.27. The Kier molecular flexibility index (Phi) is 4.62. The van der Waals surface area contributed by atoms with Gasteiger partial charge in [-0.1, -0.05) is 0 Å². The maximum atomic E-state index is 12.0. The van der Waals surface area contributed by atoms with Crippen LogP contribution in [0.5, 0.6) is 0 Å². The average Bonchev–Trinajstić information content (AvgIpc) is 2.10. The molecular weight excluding hydrogens is 219 g/mol. The van der Waals surface area contributed by atoms with Crippen LogP contribution in [0.4, 0.5) is 13.2 Å². The number of aliphatic imine (C=N–C) groups is 2. The highest BCUT2D eigenvalue weighted by Crippen LogP contribution is 2.25. The molecule has 0 aliphatic rings. The maximum absolute atomic E-state index is 12.0. The summed E-state index contributed by atoms with van der Waals surface area (Å²) in [4.78, 5) is 6.64. The van der Waals surface area contributed by atoms with Crippen molar-refractivity contribution in [1.82, 2.24) is 0 Å². The fraction of sp³-hybridized carbons (Fsp3) is 0.429. The zero-order chi connectivity index (χ0) is 11.4. The Hall–Kier alpha value is -1.04. The molecular formula is C7H9ClF3N3. The van der Waals surface area contributed by atoms with E-state index in [1.54, 1.807) is 0 Å². The predicted molar refractivity (Wildman–Crippen MR) is 50.6 cm³/mol. The van der Waals surface area contributed by atoms with Crippen LogP contribution >= 0.6 is 11.6 Å². The SMILES string of the molecule is C=N/C(N)=C\N=C(/C)C(Cl)C(F)(F)F. The molecule has 0 saturated carbocycles. The van der Waals surface area contributed by atoms with Crippen LogP contribution in [0.15, 0.2) is 22.0 Å². The quantitative estimate of drug-likeness (QED) is 0.582. The summed E-state index contributed by atoms with van der Waals surface area (Å²) < 4.78 is 36.0. The summed E-state index contributed by atoms with van der Waals surface area (Å²) in [7, 11) is 0. The van der Waals surface area contributed by atoms with Crippen LogP contribution in [0.25, 0.3) is 0 Å². The molecule has 1 unspecified atom stereocenters. The van der Waals surface area contributed by atoms with Gasteiger partial charge in [-0.15, -0.1) is 11.6 Å². The summed E-state index contributed by atoms with van der Waals surface area (Å²) >= 11 is 5.06. The van der Waals surface area contributed by atoms with Gasteiger partial charge in [-0.25, -0.2) is 4.99 Å². The van der Waals surface area contributed by atoms with Crippen LogP contribution in [0.2, 0.25) is 0 Å². The van der Waals surface area contributed by atoms with Gasteiger partial charge in [-0.05, 0) is 13.6 Å². The molecule has 0 saturated heterocycles. The Labute approximate surface area is 84.2 Å². The van der Waals surface area contributed by atoms with Crippen molar-refractivity contribution in [3.63, 3.8) is 0 Å². The van der Waals surface area contributed by atoms with E-state index in [2.05, 4.69) is 16.7 Å². The molecule has 0 heterocycles. The van der Waals surface area contributed by atoms with Crippen LogP contribution in [0, 0.1) is 0 Å². The molecule has 0 rings (SSSR count). The fourth-order valence-electron chi connectivity index (χ4n) is 0.511. The van der Waals surface area contributed by atoms with Crippen molar-refractivity contribution in [3.8, 4) is 0 Å². The van der Waals surface area contributed by atoms with Crippen molar-refractivity contribution in [3.05, 3.63) is 12.0 Å². The van der Waals surface area contributed by atoms with E-state index in [0.717, 1.165) is 13.1 Å². The Bertz CT molecular complexity index is 270. The van der Waals surface area contributed by atoms with Gasteiger partial charge in [0.25, 0.3) is 0 Å². The van der Waals surface area contributed by atoms with Gasteiger partial charge >= 0.3 is 6.18 Å². The Morgan fingerprint density at radius 3 is 2.43 bits per heavy atom. The number of hydrogen-bond acceptors (Lipinski definition) is 3. The summed E-state index contributed by atoms with van der Waals surface area (Å²) in [6, 6.07) is 0. The van der Waals surface area contributed by atoms with E-state index < -0.39 is 11.6 Å². The van der Waals surface area contributed by atoms with E-state index >= 15 is 0 Å². The first kappa shape index (κ1) is 13.0. The first-order valence-corrected chi connectivity index (χ1v) is 3.90. The first-order valence-electron chi connectivity index (χ1n) is 3.46. The summed E-state index contributed by atoms with van der Waals surface area (Å²) in [6.07, 6.45) is -3.55. The van der Waals surface area contributed by atoms with Gasteiger partial charge in [0.2, 0.25) is 0 Å². The molecule has 0 aromatic rings. The molecule has 0 aromatic heterocycles. The van der Waals surface area contributed by atoms with E-state index in [1.165, 1.54) is 0 Å². The van der Waals surface area contributed by atoms with Gasteiger partial charge in [-0.2, -0.15) is 13.2 Å². The molecule has 0 bridgehead atoms. The molecule has 0 aliphatic carbocycles. The van der Waals surface area contributed by atoms with E-state index in [-0.39, 0.29) is 11.5 Å². The molecule has 3 nitrogen and oxygen atoms in total. The van der Waals surface area contributed by atoms with Crippen LogP contribution in [0.3, 0.4) is 0 Å². The maximum Gasteiger partial charge on any atom is 0.410 e. The minimum absolute atomic E-state index is 0.0737. The second-order valence-corrected chi connectivity index (χ2v) is 2.82. The minimum Gasteiger partial charge on any atom is -0.382 e. The number of halogens is 4. The lowest BCUT2D eigenvalue weighted by molar-refractivity contribution is -0.118. The largest absolute Gasteiger partial charge is 0.410 e. The van der Waals surface area contributed by atoms with Crippen molar-refractivity contribution in [2.75, 3.05) is 0 Å². The van der Waals surface area contributed by atoms with Crippen LogP contribution < -0.4 is 5.73 Å². The highest BCUT2D eigenvalue weighted by atomic mass is 35.5. The summed E-state index contributed by atoms with van der Waals surface area (Å²) in [6.45, 7) is 4.22. The van der Waals surface area contributed by atoms with Crippen molar-refractivity contribution in [2.45, 2.75) is 18.5 Å². The molecule has 80 valence electrons. The number of nitrogens with zero attached hydrogens (tertiary/aromatic N) is 2. The van der Waals surface area contributed by atoms with E-state index in [9.17, 15) is 13.2 Å². The van der Waals surface area contributed by atoms with Crippen LogP contribution in [-0.4, -0.2) is 24.0 Å². The molecule has 0 aromatic carbocycles. The van der Waals surface area contributed by atoms with Gasteiger partial charge in [0.05, 0.1) is 6.20 Å². The number of hydrogen-bond donors (Lipinski definition) is 1. The molecule has 0 fully saturated rings. The number of nitrogens with two attached hydrogens (primary N) is 1. The molecule has 14 heavy (non-hydrogen) atoms. The highest BCUT2D eigenvalue weighted by molar-refractivity contribution is 6.32. The molecule has 0 spiro atoms. The monoisotopic (exact) mass is 227 g/mol. The lowest BCUT2D eigenvalue weighted by Crippen LogP contribution is -2.29. The van der Waals surface area contributed by atoms with Gasteiger partial charge in [0.1, 0.15) is 5.82 Å². The van der Waals surface area contributed by atoms with Crippen molar-refractivity contribution < 1.29 is 13.2 Å². The normalized spacial score (nSPS) is 16.6. The first-order chi connectivity index (χ1) is 6.29. The Morgan fingerprint density at radius 1 is 1.57 bits per heavy atom. The van der Waals surface area contributed by atoms with Gasteiger partial charge in [-0.3, -0.25) is 4.99 Å². The van der Waals surface area contributed by atoms with Crippen molar-refractivity contribution in [1.29, 1.82) is 0 Å². The average molecular weight is 228 g/mol. The summed E-state index contributed by atoms with van der Waals surface area (Å²) in [5.74, 6) is -0.0737. The van der Waals surface area contributed by atoms with E-state index in [0.29, 0.717) is 0 Å². The second-order valence-electron chi connectivity index (χ2n) is 2.39. The lowest BCUT2D eigenvalue weighted by atomic mass is 10.3. The third-order valence-corrected chi connectivity index (χ3v) is 1.80. The standard InChI is InChI=1S/C7H9ClF3N3/c1-4(6(8)7(9,10)11)14-3-5(12)13-2/h3,6H,2,12H2,1H3/b5-3-,14-4+. The van der Waals surface area contributed by atoms with Crippen LogP contribution in [0.1, 0.15) is 6.92 Å². The summed E-state index contributed by atoms with van der Waals surface area (Å²) in [5, 5.41) is -2.11. The van der Waals surface area contributed by atoms with Crippen molar-refractivity contribution >= 4 is 24.0 Å². The Morgan fingerprint density at radius 2 is 2.07 bits per heavy atom. The fourth-order valence-corrected chi connectivity index (χ4v) is 0.567. The van der Waals surface area contributed by atoms with Gasteiger partial charge < -0.3 is 5.73 Å². The zero-order valence-corrected chi connectivity index (χ0v) is 8.10. The number of alkyl halides is 4. The second kappa shape index (κ2) is 4.99. The predicted octanol–water partition coefficient (Wildman–Crippen LogP) is 2.08. The van der Waals surface area contributed by atoms with Crippen molar-refractivity contribution in [2.24, 2.45) is 15.7 Å². The molecule has 0 radical (unpaired) electrons. The topological polar surface area (TPSA) is 50.7 Å². The highest BCUT2D eigenvalue weighted by Gasteiger charge is 2.39. The molecule has 1 atom stereocenters. The lowest BCUT2D eigenvalue weighted by Gasteiger charge is -2.12. The number of rotatable bonds is 3. The smallest absolute Gasteiger partial charge is 0.382 e. The minimum atomic E-state index is -4.51. The summed E-state index contributed by atoms with van der Waals surface area (Å²) in [5.41, 5.74) is 4.83.